The summed E-state index contributed by atoms with van der Waals surface area (Å²) in [5, 5.41) is 3.45. The summed E-state index contributed by atoms with van der Waals surface area (Å²) in [6, 6.07) is 13.6. The second-order valence-corrected chi connectivity index (χ2v) is 6.67. The van der Waals surface area contributed by atoms with Crippen molar-refractivity contribution in [3.63, 3.8) is 0 Å². The van der Waals surface area contributed by atoms with Crippen LogP contribution in [0.2, 0.25) is 0 Å². The minimum Gasteiger partial charge on any atom is -0.310 e. The Bertz CT molecular complexity index is 737. The number of nitrogens with zero attached hydrogens (tertiary/aromatic N) is 1. The lowest BCUT2D eigenvalue weighted by atomic mass is 10.1. The third kappa shape index (κ3) is 2.73. The van der Waals surface area contributed by atoms with Gasteiger partial charge in [0.15, 0.2) is 0 Å². The molecule has 0 amide bonds. The number of pyridine rings is 1. The van der Waals surface area contributed by atoms with Crippen LogP contribution in [-0.2, 0) is 6.54 Å². The lowest BCUT2D eigenvalue weighted by Crippen LogP contribution is -2.28. The molecule has 4 rings (SSSR count). The third-order valence-electron chi connectivity index (χ3n) is 4.61. The zero-order valence-corrected chi connectivity index (χ0v) is 13.0. The molecule has 0 radical (unpaired) electrons. The molecule has 2 fully saturated rings. The Balaban J connectivity index is 1.72. The quantitative estimate of drug-likeness (QED) is 0.917. The van der Waals surface area contributed by atoms with E-state index in [1.807, 2.05) is 10.6 Å². The van der Waals surface area contributed by atoms with Crippen LogP contribution in [0, 0.1) is 6.92 Å². The lowest BCUT2D eigenvalue weighted by Gasteiger charge is -2.15. The topological polar surface area (TPSA) is 34.0 Å². The van der Waals surface area contributed by atoms with Crippen molar-refractivity contribution in [3.05, 3.63) is 57.9 Å². The highest BCUT2D eigenvalue weighted by Gasteiger charge is 2.28. The first-order valence-electron chi connectivity index (χ1n) is 8.27. The van der Waals surface area contributed by atoms with Crippen molar-refractivity contribution >= 4 is 0 Å². The van der Waals surface area contributed by atoms with E-state index in [-0.39, 0.29) is 5.56 Å². The van der Waals surface area contributed by atoms with Gasteiger partial charge in [0.05, 0.1) is 5.69 Å². The van der Waals surface area contributed by atoms with Crippen LogP contribution < -0.4 is 10.9 Å². The van der Waals surface area contributed by atoms with E-state index in [1.54, 1.807) is 0 Å². The maximum atomic E-state index is 12.9. The van der Waals surface area contributed by atoms with Gasteiger partial charge in [0, 0.05) is 24.2 Å². The number of hydrogen-bond donors (Lipinski definition) is 1. The van der Waals surface area contributed by atoms with Crippen LogP contribution >= 0.6 is 0 Å². The van der Waals surface area contributed by atoms with Crippen LogP contribution in [-0.4, -0.2) is 10.6 Å². The zero-order valence-electron chi connectivity index (χ0n) is 13.0. The molecule has 1 aromatic carbocycles. The summed E-state index contributed by atoms with van der Waals surface area (Å²) in [7, 11) is 0. The van der Waals surface area contributed by atoms with Gasteiger partial charge in [-0.05, 0) is 44.2 Å². The Morgan fingerprint density at radius 1 is 1.05 bits per heavy atom. The first kappa shape index (κ1) is 13.8. The van der Waals surface area contributed by atoms with Crippen molar-refractivity contribution in [2.24, 2.45) is 0 Å². The van der Waals surface area contributed by atoms with Crippen molar-refractivity contribution < 1.29 is 0 Å². The van der Waals surface area contributed by atoms with E-state index in [0.29, 0.717) is 18.6 Å². The lowest BCUT2D eigenvalue weighted by molar-refractivity contribution is 0.654. The predicted molar refractivity (Wildman–Crippen MR) is 89.0 cm³/mol. The molecule has 1 aromatic heterocycles. The first-order valence-corrected chi connectivity index (χ1v) is 8.27. The summed E-state index contributed by atoms with van der Waals surface area (Å²) in [4.78, 5) is 12.9. The summed E-state index contributed by atoms with van der Waals surface area (Å²) in [6.45, 7) is 2.79. The molecule has 3 nitrogen and oxygen atoms in total. The number of rotatable bonds is 5. The van der Waals surface area contributed by atoms with E-state index in [1.165, 1.54) is 18.4 Å². The number of nitrogens with one attached hydrogen (secondary N) is 1. The summed E-state index contributed by atoms with van der Waals surface area (Å²) in [6.07, 6.45) is 4.74. The first-order chi connectivity index (χ1) is 10.7. The smallest absolute Gasteiger partial charge is 0.255 e. The Morgan fingerprint density at radius 2 is 1.77 bits per heavy atom. The number of aromatic nitrogens is 1. The van der Waals surface area contributed by atoms with E-state index < -0.39 is 0 Å². The van der Waals surface area contributed by atoms with Gasteiger partial charge >= 0.3 is 0 Å². The molecule has 0 atom stereocenters. The van der Waals surface area contributed by atoms with Gasteiger partial charge in [0.2, 0.25) is 0 Å². The highest BCUT2D eigenvalue weighted by atomic mass is 16.1. The van der Waals surface area contributed by atoms with Crippen molar-refractivity contribution in [1.82, 2.24) is 9.88 Å². The molecule has 22 heavy (non-hydrogen) atoms. The summed E-state index contributed by atoms with van der Waals surface area (Å²) in [5.74, 6) is 0. The fourth-order valence-corrected chi connectivity index (χ4v) is 2.93. The van der Waals surface area contributed by atoms with Gasteiger partial charge in [0.1, 0.15) is 0 Å². The van der Waals surface area contributed by atoms with Crippen LogP contribution in [0.1, 0.15) is 42.9 Å². The van der Waals surface area contributed by atoms with Gasteiger partial charge in [-0.25, -0.2) is 0 Å². The second-order valence-electron chi connectivity index (χ2n) is 6.67. The summed E-state index contributed by atoms with van der Waals surface area (Å²) >= 11 is 0. The SMILES string of the molecule is Cc1ccc(-c2ccc(CNC3CC3)c(=O)n2C2CC2)cc1. The molecule has 114 valence electrons. The standard InChI is InChI=1S/C19H22N2O/c1-13-2-4-14(5-3-13)18-11-6-15(12-20-16-7-8-16)19(22)21(18)17-9-10-17/h2-6,11,16-17,20H,7-10,12H2,1H3. The molecular weight excluding hydrogens is 272 g/mol. The fourth-order valence-electron chi connectivity index (χ4n) is 2.93. The largest absolute Gasteiger partial charge is 0.310 e. The number of benzene rings is 1. The molecule has 2 aliphatic carbocycles. The number of hydrogen-bond acceptors (Lipinski definition) is 2. The van der Waals surface area contributed by atoms with E-state index >= 15 is 0 Å². The van der Waals surface area contributed by atoms with Gasteiger partial charge in [-0.1, -0.05) is 35.9 Å². The molecule has 1 heterocycles. The predicted octanol–water partition coefficient (Wildman–Crippen LogP) is 3.41. The van der Waals surface area contributed by atoms with Crippen LogP contribution in [0.4, 0.5) is 0 Å². The van der Waals surface area contributed by atoms with Crippen LogP contribution in [0.5, 0.6) is 0 Å². The average Bonchev–Trinajstić information content (AvgIpc) is 3.40. The Hall–Kier alpha value is -1.87. The molecule has 2 aromatic rings. The van der Waals surface area contributed by atoms with Crippen molar-refractivity contribution in [3.8, 4) is 11.3 Å². The molecule has 2 aliphatic rings. The molecule has 0 bridgehead atoms. The average molecular weight is 294 g/mol. The Labute approximate surface area is 131 Å². The minimum atomic E-state index is 0.189. The maximum absolute atomic E-state index is 12.9. The highest BCUT2D eigenvalue weighted by Crippen LogP contribution is 2.37. The monoisotopic (exact) mass is 294 g/mol. The molecule has 3 heteroatoms. The zero-order chi connectivity index (χ0) is 15.1. The molecule has 0 unspecified atom stereocenters. The van der Waals surface area contributed by atoms with Crippen molar-refractivity contribution in [1.29, 1.82) is 0 Å². The Morgan fingerprint density at radius 3 is 2.41 bits per heavy atom. The molecule has 0 spiro atoms. The van der Waals surface area contributed by atoms with Crippen LogP contribution in [0.3, 0.4) is 0 Å². The summed E-state index contributed by atoms with van der Waals surface area (Å²) in [5.41, 5.74) is 4.52. The number of aryl methyl sites for hydroxylation is 1. The third-order valence-corrected chi connectivity index (χ3v) is 4.61. The van der Waals surface area contributed by atoms with Gasteiger partial charge in [0.25, 0.3) is 5.56 Å². The normalized spacial score (nSPS) is 17.7. The van der Waals surface area contributed by atoms with E-state index in [4.69, 9.17) is 0 Å². The molecular formula is C19H22N2O. The van der Waals surface area contributed by atoms with Crippen molar-refractivity contribution in [2.45, 2.75) is 51.2 Å². The minimum absolute atomic E-state index is 0.189. The maximum Gasteiger partial charge on any atom is 0.255 e. The van der Waals surface area contributed by atoms with E-state index in [9.17, 15) is 4.79 Å². The van der Waals surface area contributed by atoms with Crippen LogP contribution in [0.15, 0.2) is 41.2 Å². The molecule has 0 aliphatic heterocycles. The van der Waals surface area contributed by atoms with E-state index in [0.717, 1.165) is 29.7 Å². The fraction of sp³-hybridized carbons (Fsp3) is 0.421. The molecule has 2 saturated carbocycles. The van der Waals surface area contributed by atoms with Gasteiger partial charge in [-0.15, -0.1) is 0 Å². The van der Waals surface area contributed by atoms with Gasteiger partial charge in [-0.3, -0.25) is 4.79 Å². The summed E-state index contributed by atoms with van der Waals surface area (Å²) < 4.78 is 2.02. The van der Waals surface area contributed by atoms with Crippen LogP contribution in [0.25, 0.3) is 11.3 Å². The highest BCUT2D eigenvalue weighted by molar-refractivity contribution is 5.60. The molecule has 1 N–H and O–H groups in total. The van der Waals surface area contributed by atoms with Gasteiger partial charge < -0.3 is 9.88 Å². The van der Waals surface area contributed by atoms with Gasteiger partial charge in [-0.2, -0.15) is 0 Å². The second kappa shape index (κ2) is 5.40. The van der Waals surface area contributed by atoms with Crippen molar-refractivity contribution in [2.75, 3.05) is 0 Å². The van der Waals surface area contributed by atoms with E-state index in [2.05, 4.69) is 42.6 Å². The molecule has 0 saturated heterocycles. The Kier molecular flexibility index (Phi) is 3.38.